The summed E-state index contributed by atoms with van der Waals surface area (Å²) >= 11 is 0. The molecule has 3 atom stereocenters. The normalized spacial score (nSPS) is 28.2. The van der Waals surface area contributed by atoms with E-state index < -0.39 is 29.9 Å². The van der Waals surface area contributed by atoms with Crippen LogP contribution in [0.25, 0.3) is 0 Å². The predicted octanol–water partition coefficient (Wildman–Crippen LogP) is 2.06. The number of rotatable bonds is 3. The summed E-state index contributed by atoms with van der Waals surface area (Å²) in [4.78, 5) is 26.0. The number of anilines is 1. The first kappa shape index (κ1) is 15.8. The van der Waals surface area contributed by atoms with E-state index in [1.807, 2.05) is 61.5 Å². The Hall–Kier alpha value is -2.70. The molecule has 2 saturated heterocycles. The number of nitrogens with zero attached hydrogens (tertiary/aromatic N) is 1. The number of carboxylic acid groups (broad SMARTS) is 1. The molecule has 2 aromatic rings. The maximum atomic E-state index is 12.9. The van der Waals surface area contributed by atoms with Gasteiger partial charge < -0.3 is 19.5 Å². The number of amides is 1. The van der Waals surface area contributed by atoms with Gasteiger partial charge in [0.1, 0.15) is 0 Å². The van der Waals surface area contributed by atoms with E-state index in [4.69, 9.17) is 9.47 Å². The molecule has 0 aromatic heterocycles. The molecule has 2 bridgehead atoms. The van der Waals surface area contributed by atoms with Gasteiger partial charge >= 0.3 is 5.97 Å². The monoisotopic (exact) mass is 339 g/mol. The molecule has 128 valence electrons. The Morgan fingerprint density at radius 3 is 2.48 bits per heavy atom. The summed E-state index contributed by atoms with van der Waals surface area (Å²) in [5.41, 5.74) is 2.35. The van der Waals surface area contributed by atoms with Gasteiger partial charge in [0.05, 0.1) is 6.54 Å². The highest BCUT2D eigenvalue weighted by molar-refractivity contribution is 6.01. The first-order valence-electron chi connectivity index (χ1n) is 8.03. The van der Waals surface area contributed by atoms with Crippen LogP contribution in [0.5, 0.6) is 0 Å². The van der Waals surface area contributed by atoms with Crippen molar-refractivity contribution in [3.63, 3.8) is 0 Å². The highest BCUT2D eigenvalue weighted by Gasteiger charge is 2.60. The van der Waals surface area contributed by atoms with Crippen molar-refractivity contribution < 1.29 is 24.2 Å². The van der Waals surface area contributed by atoms with Crippen molar-refractivity contribution in [2.24, 2.45) is 0 Å². The first-order chi connectivity index (χ1) is 12.0. The van der Waals surface area contributed by atoms with Gasteiger partial charge in [-0.2, -0.15) is 0 Å². The summed E-state index contributed by atoms with van der Waals surface area (Å²) in [5, 5.41) is 9.48. The fourth-order valence-electron chi connectivity index (χ4n) is 3.43. The van der Waals surface area contributed by atoms with Crippen molar-refractivity contribution in [3.05, 3.63) is 65.7 Å². The summed E-state index contributed by atoms with van der Waals surface area (Å²) < 4.78 is 11.7. The van der Waals surface area contributed by atoms with Crippen LogP contribution in [-0.4, -0.2) is 35.7 Å². The first-order valence-corrected chi connectivity index (χ1v) is 8.03. The number of aliphatic carboxylic acids is 1. The summed E-state index contributed by atoms with van der Waals surface area (Å²) in [5.74, 6) is -2.89. The maximum Gasteiger partial charge on any atom is 0.336 e. The lowest BCUT2D eigenvalue weighted by atomic mass is 10.0. The molecule has 1 amide bonds. The molecule has 2 aromatic carbocycles. The third-order valence-corrected chi connectivity index (χ3v) is 4.65. The Bertz CT molecular complexity index is 837. The number of hydrogen-bond acceptors (Lipinski definition) is 4. The van der Waals surface area contributed by atoms with E-state index in [1.165, 1.54) is 0 Å². The van der Waals surface area contributed by atoms with Gasteiger partial charge in [0.15, 0.2) is 12.2 Å². The van der Waals surface area contributed by atoms with Gasteiger partial charge in [0.25, 0.3) is 5.91 Å². The molecular weight excluding hydrogens is 322 g/mol. The molecule has 2 aliphatic rings. The maximum absolute atomic E-state index is 12.9. The Morgan fingerprint density at radius 2 is 1.80 bits per heavy atom. The summed E-state index contributed by atoms with van der Waals surface area (Å²) in [6, 6.07) is 16.6. The van der Waals surface area contributed by atoms with Crippen LogP contribution in [0.2, 0.25) is 0 Å². The molecule has 2 heterocycles. The molecule has 6 nitrogen and oxygen atoms in total. The number of ether oxygens (including phenoxy) is 2. The fourth-order valence-corrected chi connectivity index (χ4v) is 3.43. The third kappa shape index (κ3) is 2.42. The van der Waals surface area contributed by atoms with Crippen molar-refractivity contribution in [1.29, 1.82) is 0 Å². The van der Waals surface area contributed by atoms with Crippen LogP contribution >= 0.6 is 0 Å². The molecule has 2 aliphatic heterocycles. The van der Waals surface area contributed by atoms with Crippen LogP contribution < -0.4 is 4.90 Å². The van der Waals surface area contributed by atoms with Crippen LogP contribution in [0.4, 0.5) is 5.69 Å². The zero-order valence-electron chi connectivity index (χ0n) is 13.6. The van der Waals surface area contributed by atoms with Crippen molar-refractivity contribution >= 4 is 17.6 Å². The van der Waals surface area contributed by atoms with E-state index >= 15 is 0 Å². The number of fused-ring (bicyclic) bond motifs is 2. The summed E-state index contributed by atoms with van der Waals surface area (Å²) in [7, 11) is 0. The molecule has 1 N–H and O–H groups in total. The number of carboxylic acids is 1. The summed E-state index contributed by atoms with van der Waals surface area (Å²) in [6.45, 7) is 2.01. The lowest BCUT2D eigenvalue weighted by molar-refractivity contribution is -0.193. The van der Waals surface area contributed by atoms with E-state index in [2.05, 4.69) is 0 Å². The number of benzene rings is 2. The lowest BCUT2D eigenvalue weighted by Crippen LogP contribution is -2.54. The molecule has 0 spiro atoms. The molecule has 0 radical (unpaired) electrons. The molecule has 2 fully saturated rings. The minimum Gasteiger partial charge on any atom is -0.479 e. The Morgan fingerprint density at radius 1 is 1.12 bits per heavy atom. The number of carbonyl (C=O) groups excluding carboxylic acids is 1. The number of morpholine rings is 1. The zero-order valence-corrected chi connectivity index (χ0v) is 13.6. The van der Waals surface area contributed by atoms with Crippen molar-refractivity contribution in [2.45, 2.75) is 24.9 Å². The quantitative estimate of drug-likeness (QED) is 0.926. The number of aryl methyl sites for hydroxylation is 1. The average molecular weight is 339 g/mol. The third-order valence-electron chi connectivity index (χ3n) is 4.65. The van der Waals surface area contributed by atoms with Gasteiger partial charge in [0.2, 0.25) is 5.79 Å². The zero-order chi connectivity index (χ0) is 17.6. The van der Waals surface area contributed by atoms with Crippen LogP contribution in [0.15, 0.2) is 54.6 Å². The molecule has 0 aliphatic carbocycles. The van der Waals surface area contributed by atoms with E-state index in [0.717, 1.165) is 11.3 Å². The molecule has 4 rings (SSSR count). The van der Waals surface area contributed by atoms with Gasteiger partial charge in [-0.25, -0.2) is 4.79 Å². The SMILES string of the molecule is Cc1ccccc1N1CC2(c3ccccc3)OC(C(=O)O)C(O2)C1=O. The number of para-hydroxylation sites is 1. The molecule has 0 saturated carbocycles. The number of carbonyl (C=O) groups is 2. The Balaban J connectivity index is 1.82. The van der Waals surface area contributed by atoms with E-state index in [1.54, 1.807) is 4.90 Å². The van der Waals surface area contributed by atoms with Gasteiger partial charge in [-0.1, -0.05) is 48.5 Å². The molecule has 25 heavy (non-hydrogen) atoms. The smallest absolute Gasteiger partial charge is 0.336 e. The highest BCUT2D eigenvalue weighted by atomic mass is 16.8. The molecule has 3 unspecified atom stereocenters. The van der Waals surface area contributed by atoms with Gasteiger partial charge in [-0.3, -0.25) is 4.79 Å². The molecular formula is C19H17NO5. The Kier molecular flexibility index (Phi) is 3.59. The molecule has 6 heteroatoms. The van der Waals surface area contributed by atoms with Gasteiger partial charge in [-0.15, -0.1) is 0 Å². The standard InChI is InChI=1S/C19H17NO5/c1-12-7-5-6-10-14(12)20-11-19(13-8-3-2-4-9-13)24-15(17(20)21)16(25-19)18(22)23/h2-10,15-16H,11H2,1H3,(H,22,23). The van der Waals surface area contributed by atoms with Crippen LogP contribution in [0, 0.1) is 6.92 Å². The second kappa shape index (κ2) is 5.68. The largest absolute Gasteiger partial charge is 0.479 e. The van der Waals surface area contributed by atoms with E-state index in [0.29, 0.717) is 5.56 Å². The van der Waals surface area contributed by atoms with Gasteiger partial charge in [0, 0.05) is 11.3 Å². The minimum atomic E-state index is -1.33. The topological polar surface area (TPSA) is 76.1 Å². The van der Waals surface area contributed by atoms with Crippen LogP contribution in [0.1, 0.15) is 11.1 Å². The van der Waals surface area contributed by atoms with Crippen molar-refractivity contribution in [1.82, 2.24) is 0 Å². The lowest BCUT2D eigenvalue weighted by Gasteiger charge is -2.38. The van der Waals surface area contributed by atoms with Crippen molar-refractivity contribution in [3.8, 4) is 0 Å². The second-order valence-electron chi connectivity index (χ2n) is 6.24. The number of hydrogen-bond donors (Lipinski definition) is 1. The fraction of sp³-hybridized carbons (Fsp3) is 0.263. The van der Waals surface area contributed by atoms with E-state index in [9.17, 15) is 14.7 Å². The van der Waals surface area contributed by atoms with Gasteiger partial charge in [-0.05, 0) is 18.6 Å². The minimum absolute atomic E-state index is 0.0982. The second-order valence-corrected chi connectivity index (χ2v) is 6.24. The summed E-state index contributed by atoms with van der Waals surface area (Å²) in [6.07, 6.45) is -2.51. The highest BCUT2D eigenvalue weighted by Crippen LogP contribution is 2.44. The van der Waals surface area contributed by atoms with E-state index in [-0.39, 0.29) is 6.54 Å². The Labute approximate surface area is 144 Å². The average Bonchev–Trinajstić information content (AvgIpc) is 2.97. The van der Waals surface area contributed by atoms with Crippen LogP contribution in [-0.2, 0) is 24.8 Å². The van der Waals surface area contributed by atoms with Crippen LogP contribution in [0.3, 0.4) is 0 Å². The van der Waals surface area contributed by atoms with Crippen molar-refractivity contribution in [2.75, 3.05) is 11.4 Å². The predicted molar refractivity (Wildman–Crippen MR) is 89.0 cm³/mol.